The van der Waals surface area contributed by atoms with Crippen molar-refractivity contribution in [1.82, 2.24) is 9.88 Å². The van der Waals surface area contributed by atoms with Crippen LogP contribution in [0.15, 0.2) is 29.9 Å². The van der Waals surface area contributed by atoms with Gasteiger partial charge in [-0.1, -0.05) is 6.07 Å². The predicted octanol–water partition coefficient (Wildman–Crippen LogP) is 2.72. The van der Waals surface area contributed by atoms with Gasteiger partial charge in [0.25, 0.3) is 5.91 Å². The summed E-state index contributed by atoms with van der Waals surface area (Å²) in [6, 6.07) is 4.00. The molecule has 1 atom stereocenters. The van der Waals surface area contributed by atoms with E-state index in [4.69, 9.17) is 5.73 Å². The van der Waals surface area contributed by atoms with Crippen LogP contribution in [0.3, 0.4) is 0 Å². The van der Waals surface area contributed by atoms with E-state index in [2.05, 4.69) is 21.3 Å². The summed E-state index contributed by atoms with van der Waals surface area (Å²) in [5.41, 5.74) is 9.04. The highest BCUT2D eigenvalue weighted by molar-refractivity contribution is 7.12. The number of thiophene rings is 1. The van der Waals surface area contributed by atoms with Gasteiger partial charge in [0.1, 0.15) is 0 Å². The molecule has 0 radical (unpaired) electrons. The average Bonchev–Trinajstić information content (AvgIpc) is 3.02. The largest absolute Gasteiger partial charge is 0.365 e. The maximum Gasteiger partial charge on any atom is 0.259 e. The smallest absolute Gasteiger partial charge is 0.259 e. The number of hydrogen-bond donors (Lipinski definition) is 1. The molecule has 3 aliphatic heterocycles. The monoisotopic (exact) mass is 313 g/mol. The minimum atomic E-state index is -0.299. The van der Waals surface area contributed by atoms with Gasteiger partial charge < -0.3 is 10.6 Å². The molecular formula is C17H19N3OS. The fraction of sp³-hybridized carbons (Fsp3) is 0.412. The van der Waals surface area contributed by atoms with Gasteiger partial charge in [0, 0.05) is 30.4 Å². The quantitative estimate of drug-likeness (QED) is 0.948. The van der Waals surface area contributed by atoms with Gasteiger partial charge in [-0.15, -0.1) is 11.3 Å². The van der Waals surface area contributed by atoms with Gasteiger partial charge in [-0.3, -0.25) is 9.78 Å². The van der Waals surface area contributed by atoms with Crippen molar-refractivity contribution in [2.24, 2.45) is 11.7 Å². The van der Waals surface area contributed by atoms with E-state index in [0.29, 0.717) is 11.8 Å². The Bertz CT molecular complexity index is 689. The molecule has 0 aliphatic carbocycles. The number of nitrogens with two attached hydrogens (primary N) is 1. The lowest BCUT2D eigenvalue weighted by molar-refractivity contribution is 0.0861. The molecule has 1 unspecified atom stereocenters. The summed E-state index contributed by atoms with van der Waals surface area (Å²) < 4.78 is 0. The normalized spacial score (nSPS) is 27.0. The number of amides is 1. The van der Waals surface area contributed by atoms with Crippen LogP contribution in [-0.2, 0) is 0 Å². The Morgan fingerprint density at radius 3 is 2.77 bits per heavy atom. The van der Waals surface area contributed by atoms with Crippen molar-refractivity contribution in [2.45, 2.75) is 18.8 Å². The van der Waals surface area contributed by atoms with Crippen molar-refractivity contribution in [3.8, 4) is 11.1 Å². The van der Waals surface area contributed by atoms with Crippen LogP contribution < -0.4 is 5.73 Å². The maximum absolute atomic E-state index is 11.9. The molecule has 3 saturated heterocycles. The summed E-state index contributed by atoms with van der Waals surface area (Å²) in [5, 5.41) is 2.07. The van der Waals surface area contributed by atoms with Crippen molar-refractivity contribution in [1.29, 1.82) is 0 Å². The number of carbonyl (C=O) groups excluding carboxylic acids is 1. The number of piperidine rings is 3. The molecule has 3 aliphatic rings. The summed E-state index contributed by atoms with van der Waals surface area (Å²) in [5.74, 6) is 0.797. The van der Waals surface area contributed by atoms with Crippen LogP contribution in [0.1, 0.15) is 34.0 Å². The van der Waals surface area contributed by atoms with Gasteiger partial charge in [0.2, 0.25) is 0 Å². The van der Waals surface area contributed by atoms with E-state index in [0.717, 1.165) is 22.5 Å². The zero-order valence-electron chi connectivity index (χ0n) is 12.4. The molecule has 2 aromatic heterocycles. The van der Waals surface area contributed by atoms with Gasteiger partial charge in [0.05, 0.1) is 4.88 Å². The van der Waals surface area contributed by atoms with Gasteiger partial charge in [-0.25, -0.2) is 0 Å². The molecule has 5 heterocycles. The average molecular weight is 313 g/mol. The minimum absolute atomic E-state index is 0.299. The third kappa shape index (κ3) is 2.25. The molecule has 1 amide bonds. The predicted molar refractivity (Wildman–Crippen MR) is 88.0 cm³/mol. The maximum atomic E-state index is 11.9. The van der Waals surface area contributed by atoms with Crippen LogP contribution >= 0.6 is 11.3 Å². The summed E-state index contributed by atoms with van der Waals surface area (Å²) in [4.78, 5) is 19.4. The molecule has 5 heteroatoms. The highest BCUT2D eigenvalue weighted by atomic mass is 32.1. The molecule has 22 heavy (non-hydrogen) atoms. The van der Waals surface area contributed by atoms with Crippen LogP contribution in [0.2, 0.25) is 0 Å². The third-order valence-electron chi connectivity index (χ3n) is 5.05. The van der Waals surface area contributed by atoms with Crippen LogP contribution in [0, 0.1) is 5.92 Å². The topological polar surface area (TPSA) is 59.2 Å². The van der Waals surface area contributed by atoms with Crippen molar-refractivity contribution in [2.75, 3.05) is 19.6 Å². The molecule has 0 saturated carbocycles. The molecule has 3 fully saturated rings. The van der Waals surface area contributed by atoms with E-state index in [-0.39, 0.29) is 5.91 Å². The first kappa shape index (κ1) is 13.9. The number of pyridine rings is 1. The lowest BCUT2D eigenvalue weighted by Gasteiger charge is -2.45. The second-order valence-electron chi connectivity index (χ2n) is 6.24. The van der Waals surface area contributed by atoms with E-state index in [1.165, 1.54) is 42.8 Å². The van der Waals surface area contributed by atoms with Crippen LogP contribution in [-0.4, -0.2) is 35.4 Å². The van der Waals surface area contributed by atoms with Crippen molar-refractivity contribution >= 4 is 17.2 Å². The lowest BCUT2D eigenvalue weighted by Crippen LogP contribution is -2.46. The van der Waals surface area contributed by atoms with E-state index in [9.17, 15) is 4.79 Å². The molecule has 4 nitrogen and oxygen atoms in total. The Morgan fingerprint density at radius 2 is 2.18 bits per heavy atom. The van der Waals surface area contributed by atoms with Gasteiger partial charge >= 0.3 is 0 Å². The molecule has 2 N–H and O–H groups in total. The highest BCUT2D eigenvalue weighted by Gasteiger charge is 2.38. The van der Waals surface area contributed by atoms with Gasteiger partial charge in [-0.2, -0.15) is 0 Å². The first-order valence-electron chi connectivity index (χ1n) is 7.78. The molecule has 2 aromatic rings. The summed E-state index contributed by atoms with van der Waals surface area (Å²) in [7, 11) is 0. The number of fused-ring (bicyclic) bond motifs is 3. The zero-order valence-corrected chi connectivity index (χ0v) is 13.2. The second kappa shape index (κ2) is 5.48. The SMILES string of the molecule is NC(=O)c1scc(-c2cccnc2)c1C1CN2CCC1CC2. The Kier molecular flexibility index (Phi) is 3.47. The van der Waals surface area contributed by atoms with Crippen LogP contribution in [0.5, 0.6) is 0 Å². The number of rotatable bonds is 3. The number of primary amides is 1. The van der Waals surface area contributed by atoms with E-state index >= 15 is 0 Å². The highest BCUT2D eigenvalue weighted by Crippen LogP contribution is 2.45. The Morgan fingerprint density at radius 1 is 1.36 bits per heavy atom. The van der Waals surface area contributed by atoms with Crippen LogP contribution in [0.25, 0.3) is 11.1 Å². The molecule has 0 spiro atoms. The summed E-state index contributed by atoms with van der Waals surface area (Å²) in [6.45, 7) is 3.44. The first-order chi connectivity index (χ1) is 10.7. The minimum Gasteiger partial charge on any atom is -0.365 e. The summed E-state index contributed by atoms with van der Waals surface area (Å²) in [6.07, 6.45) is 6.10. The van der Waals surface area contributed by atoms with E-state index in [1.54, 1.807) is 6.20 Å². The first-order valence-corrected chi connectivity index (χ1v) is 8.66. The Labute approximate surface area is 134 Å². The van der Waals surface area contributed by atoms with E-state index < -0.39 is 0 Å². The van der Waals surface area contributed by atoms with Crippen molar-refractivity contribution in [3.05, 3.63) is 40.3 Å². The molecular weight excluding hydrogens is 294 g/mol. The lowest BCUT2D eigenvalue weighted by atomic mass is 9.74. The molecule has 2 bridgehead atoms. The standard InChI is InChI=1S/C17H19N3OS/c18-17(21)16-15(13-9-20-6-3-11(13)4-7-20)14(10-22-16)12-2-1-5-19-8-12/h1-2,5,8,10-11,13H,3-4,6-7,9H2,(H2,18,21). The number of nitrogens with zero attached hydrogens (tertiary/aromatic N) is 2. The number of hydrogen-bond acceptors (Lipinski definition) is 4. The van der Waals surface area contributed by atoms with Crippen LogP contribution in [0.4, 0.5) is 0 Å². The second-order valence-corrected chi connectivity index (χ2v) is 7.12. The van der Waals surface area contributed by atoms with Gasteiger partial charge in [-0.05, 0) is 54.4 Å². The third-order valence-corrected chi connectivity index (χ3v) is 6.06. The van der Waals surface area contributed by atoms with Crippen molar-refractivity contribution in [3.63, 3.8) is 0 Å². The molecule has 5 rings (SSSR count). The summed E-state index contributed by atoms with van der Waals surface area (Å²) >= 11 is 1.48. The van der Waals surface area contributed by atoms with Gasteiger partial charge in [0.15, 0.2) is 0 Å². The Hall–Kier alpha value is -1.72. The fourth-order valence-corrected chi connectivity index (χ4v) is 4.97. The molecule has 0 aromatic carbocycles. The Balaban J connectivity index is 1.82. The molecule has 114 valence electrons. The number of aromatic nitrogens is 1. The van der Waals surface area contributed by atoms with E-state index in [1.807, 2.05) is 12.3 Å². The zero-order chi connectivity index (χ0) is 15.1. The number of carbonyl (C=O) groups is 1. The fourth-order valence-electron chi connectivity index (χ4n) is 3.96. The van der Waals surface area contributed by atoms with Crippen molar-refractivity contribution < 1.29 is 4.79 Å².